The van der Waals surface area contributed by atoms with Gasteiger partial charge >= 0.3 is 0 Å². The van der Waals surface area contributed by atoms with Gasteiger partial charge in [0.15, 0.2) is 0 Å². The van der Waals surface area contributed by atoms with Crippen LogP contribution in [0.5, 0.6) is 0 Å². The van der Waals surface area contributed by atoms with Crippen molar-refractivity contribution >= 4 is 65.6 Å². The third kappa shape index (κ3) is 4.56. The predicted molar refractivity (Wildman–Crippen MR) is 266 cm³/mol. The third-order valence-electron chi connectivity index (χ3n) is 14.5. The summed E-state index contributed by atoms with van der Waals surface area (Å²) < 4.78 is 13.4. The second kappa shape index (κ2) is 12.8. The molecule has 15 rings (SSSR count). The average molecular weight is 826 g/mol. The first kappa shape index (κ1) is 35.0. The van der Waals surface area contributed by atoms with Crippen molar-refractivity contribution in [3.8, 4) is 55.8 Å². The van der Waals surface area contributed by atoms with Gasteiger partial charge in [-0.05, 0) is 92.0 Å². The molecule has 2 aliphatic carbocycles. The van der Waals surface area contributed by atoms with Gasteiger partial charge < -0.3 is 8.83 Å². The van der Waals surface area contributed by atoms with Crippen LogP contribution in [0.4, 0.5) is 0 Å². The van der Waals surface area contributed by atoms with Crippen molar-refractivity contribution in [2.45, 2.75) is 5.41 Å². The molecule has 0 N–H and O–H groups in total. The maximum Gasteiger partial charge on any atom is 0.143 e. The summed E-state index contributed by atoms with van der Waals surface area (Å²) >= 11 is 0. The molecule has 3 aromatic heterocycles. The highest BCUT2D eigenvalue weighted by atomic mass is 16.3. The highest BCUT2D eigenvalue weighted by molar-refractivity contribution is 6.20. The maximum atomic E-state index is 6.71. The molecule has 2 aliphatic rings. The Morgan fingerprint density at radius 2 is 0.785 bits per heavy atom. The molecule has 0 saturated carbocycles. The van der Waals surface area contributed by atoms with E-state index in [4.69, 9.17) is 13.8 Å². The van der Waals surface area contributed by atoms with Crippen molar-refractivity contribution in [1.29, 1.82) is 0 Å². The van der Waals surface area contributed by atoms with Gasteiger partial charge in [0.2, 0.25) is 0 Å². The molecule has 0 atom stereocenters. The Bertz CT molecular complexity index is 4030. The minimum atomic E-state index is -0.457. The first-order chi connectivity index (χ1) is 32.2. The molecular weight excluding hydrogens is 791 g/mol. The van der Waals surface area contributed by atoms with Crippen molar-refractivity contribution in [3.05, 3.63) is 235 Å². The summed E-state index contributed by atoms with van der Waals surface area (Å²) in [5.74, 6) is 0. The molecule has 0 amide bonds. The van der Waals surface area contributed by atoms with E-state index >= 15 is 0 Å². The van der Waals surface area contributed by atoms with Crippen LogP contribution in [0.25, 0.3) is 121 Å². The third-order valence-corrected chi connectivity index (χ3v) is 14.5. The SMILES string of the molecule is c1ccc2c(c1)-c1ccccc1C21c2ccccc2-c2c1ccc1c(-c3cc(-c4cccc5c4oc4ccccc45)cc(-c4cccc5c4oc4ccccc45)c3)nc3ccccc3c21. The van der Waals surface area contributed by atoms with E-state index in [1.165, 1.54) is 49.9 Å². The van der Waals surface area contributed by atoms with Crippen molar-refractivity contribution in [1.82, 2.24) is 4.98 Å². The quantitative estimate of drug-likeness (QED) is 0.167. The molecular formula is C62H35NO2. The predicted octanol–water partition coefficient (Wildman–Crippen LogP) is 16.5. The molecule has 3 nitrogen and oxygen atoms in total. The minimum absolute atomic E-state index is 0.457. The fourth-order valence-corrected chi connectivity index (χ4v) is 11.9. The molecule has 0 fully saturated rings. The van der Waals surface area contributed by atoms with Gasteiger partial charge in [-0.15, -0.1) is 0 Å². The standard InChI is InChI=1S/C62H35NO2/c1-7-25-50-41(15-1)42-16-2-8-26-51(42)62(50)52-27-9-3-19-47(52)58-53(62)32-31-49-57(58)48-20-4-10-28-54(48)63-59(49)38-34-36(39-21-13-23-45-43-17-5-11-29-55(43)64-60(39)45)33-37(35-38)40-22-14-24-46-44-18-6-12-30-56(44)65-61(40)46/h1-35H. The Morgan fingerprint density at radius 3 is 1.40 bits per heavy atom. The fraction of sp³-hybridized carbons (Fsp3) is 0.0161. The monoisotopic (exact) mass is 825 g/mol. The number of fused-ring (bicyclic) bond motifs is 20. The van der Waals surface area contributed by atoms with Gasteiger partial charge in [0, 0.05) is 54.4 Å². The van der Waals surface area contributed by atoms with Crippen LogP contribution in [0.15, 0.2) is 221 Å². The molecule has 0 radical (unpaired) electrons. The summed E-state index contributed by atoms with van der Waals surface area (Å²) in [6.45, 7) is 0. The van der Waals surface area contributed by atoms with E-state index in [1.54, 1.807) is 0 Å². The molecule has 3 heteroatoms. The molecule has 0 aliphatic heterocycles. The number of nitrogens with zero attached hydrogens (tertiary/aromatic N) is 1. The van der Waals surface area contributed by atoms with Gasteiger partial charge in [-0.2, -0.15) is 0 Å². The topological polar surface area (TPSA) is 39.2 Å². The second-order valence-electron chi connectivity index (χ2n) is 17.6. The lowest BCUT2D eigenvalue weighted by molar-refractivity contribution is 0.670. The molecule has 0 unspecified atom stereocenters. The van der Waals surface area contributed by atoms with Crippen molar-refractivity contribution in [2.75, 3.05) is 0 Å². The van der Waals surface area contributed by atoms with E-state index < -0.39 is 5.41 Å². The molecule has 300 valence electrons. The lowest BCUT2D eigenvalue weighted by Crippen LogP contribution is -2.25. The number of furan rings is 2. The van der Waals surface area contributed by atoms with Gasteiger partial charge in [0.1, 0.15) is 22.3 Å². The molecule has 10 aromatic carbocycles. The molecule has 3 heterocycles. The van der Waals surface area contributed by atoms with Crippen LogP contribution in [-0.2, 0) is 5.41 Å². The Morgan fingerprint density at radius 1 is 0.323 bits per heavy atom. The lowest BCUT2D eigenvalue weighted by Gasteiger charge is -2.30. The summed E-state index contributed by atoms with van der Waals surface area (Å²) in [4.78, 5) is 5.63. The highest BCUT2D eigenvalue weighted by Crippen LogP contribution is 2.64. The summed E-state index contributed by atoms with van der Waals surface area (Å²) in [6, 6.07) is 77.1. The van der Waals surface area contributed by atoms with Crippen LogP contribution in [0.2, 0.25) is 0 Å². The summed E-state index contributed by atoms with van der Waals surface area (Å²) in [6.07, 6.45) is 0. The zero-order chi connectivity index (χ0) is 42.4. The highest BCUT2D eigenvalue weighted by Gasteiger charge is 2.52. The molecule has 0 bridgehead atoms. The Hall–Kier alpha value is -8.53. The van der Waals surface area contributed by atoms with Crippen LogP contribution in [-0.4, -0.2) is 4.98 Å². The normalized spacial score (nSPS) is 13.4. The van der Waals surface area contributed by atoms with E-state index in [2.05, 4.69) is 200 Å². The van der Waals surface area contributed by atoms with Gasteiger partial charge in [-0.3, -0.25) is 0 Å². The number of hydrogen-bond acceptors (Lipinski definition) is 3. The summed E-state index contributed by atoms with van der Waals surface area (Å²) in [5.41, 5.74) is 20.5. The summed E-state index contributed by atoms with van der Waals surface area (Å²) in [7, 11) is 0. The van der Waals surface area contributed by atoms with E-state index in [1.807, 2.05) is 12.1 Å². The van der Waals surface area contributed by atoms with Crippen LogP contribution in [0.1, 0.15) is 22.3 Å². The number of aromatic nitrogens is 1. The van der Waals surface area contributed by atoms with Crippen molar-refractivity contribution in [3.63, 3.8) is 0 Å². The van der Waals surface area contributed by atoms with Crippen LogP contribution >= 0.6 is 0 Å². The molecule has 0 saturated heterocycles. The number of rotatable bonds is 3. The van der Waals surface area contributed by atoms with Gasteiger partial charge in [-0.25, -0.2) is 4.98 Å². The van der Waals surface area contributed by atoms with Gasteiger partial charge in [0.05, 0.1) is 16.6 Å². The van der Waals surface area contributed by atoms with Gasteiger partial charge in [0.25, 0.3) is 0 Å². The van der Waals surface area contributed by atoms with E-state index in [0.717, 1.165) is 93.7 Å². The molecule has 13 aromatic rings. The van der Waals surface area contributed by atoms with Crippen LogP contribution in [0.3, 0.4) is 0 Å². The Balaban J connectivity index is 1.06. The Labute approximate surface area is 373 Å². The maximum absolute atomic E-state index is 6.71. The Kier molecular flexibility index (Phi) is 6.88. The average Bonchev–Trinajstić information content (AvgIpc) is 4.11. The molecule has 65 heavy (non-hydrogen) atoms. The van der Waals surface area contributed by atoms with E-state index in [9.17, 15) is 0 Å². The zero-order valence-corrected chi connectivity index (χ0v) is 35.0. The first-order valence-electron chi connectivity index (χ1n) is 22.4. The number of hydrogen-bond donors (Lipinski definition) is 0. The lowest BCUT2D eigenvalue weighted by atomic mass is 9.70. The van der Waals surface area contributed by atoms with Crippen molar-refractivity contribution < 1.29 is 8.83 Å². The smallest absolute Gasteiger partial charge is 0.143 e. The van der Waals surface area contributed by atoms with Crippen LogP contribution in [0, 0.1) is 0 Å². The summed E-state index contributed by atoms with van der Waals surface area (Å²) in [5, 5.41) is 7.88. The van der Waals surface area contributed by atoms with Crippen molar-refractivity contribution in [2.24, 2.45) is 0 Å². The number of benzene rings is 10. The first-order valence-corrected chi connectivity index (χ1v) is 22.4. The number of pyridine rings is 1. The molecule has 1 spiro atoms. The van der Waals surface area contributed by atoms with E-state index in [-0.39, 0.29) is 0 Å². The van der Waals surface area contributed by atoms with Crippen LogP contribution < -0.4 is 0 Å². The number of para-hydroxylation sites is 5. The minimum Gasteiger partial charge on any atom is -0.455 e. The zero-order valence-electron chi connectivity index (χ0n) is 35.0. The van der Waals surface area contributed by atoms with E-state index in [0.29, 0.717) is 0 Å². The fourth-order valence-electron chi connectivity index (χ4n) is 11.9. The second-order valence-corrected chi connectivity index (χ2v) is 17.6. The van der Waals surface area contributed by atoms with Gasteiger partial charge in [-0.1, -0.05) is 176 Å². The largest absolute Gasteiger partial charge is 0.455 e.